The highest BCUT2D eigenvalue weighted by molar-refractivity contribution is 6.16. The zero-order valence-electron chi connectivity index (χ0n) is 16.0. The van der Waals surface area contributed by atoms with Gasteiger partial charge >= 0.3 is 0 Å². The molecular weight excluding hydrogens is 330 g/mol. The van der Waals surface area contributed by atoms with E-state index >= 15 is 0 Å². The minimum absolute atomic E-state index is 0.0634. The maximum absolute atomic E-state index is 12.3. The van der Waals surface area contributed by atoms with E-state index in [9.17, 15) is 9.59 Å². The Morgan fingerprint density at radius 3 is 1.50 bits per heavy atom. The number of rotatable bonds is 4. The maximum atomic E-state index is 12.3. The van der Waals surface area contributed by atoms with E-state index in [2.05, 4.69) is 25.6 Å². The van der Waals surface area contributed by atoms with Crippen molar-refractivity contribution in [2.75, 3.05) is 0 Å². The lowest BCUT2D eigenvalue weighted by Gasteiger charge is -2.21. The monoisotopic (exact) mass is 355 g/mol. The van der Waals surface area contributed by atoms with Crippen LogP contribution in [0.1, 0.15) is 52.9 Å². The molecule has 0 fully saturated rings. The van der Waals surface area contributed by atoms with Crippen molar-refractivity contribution in [2.24, 2.45) is 21.8 Å². The van der Waals surface area contributed by atoms with E-state index in [1.807, 2.05) is 47.6 Å². The number of pyridine rings is 1. The SMILES string of the molecule is CC(C)[C@]1(C)N=C(c2cccc(C3=N[C@@](C)(C(C)C)C(=O)N3)n2)NC1=O. The summed E-state index contributed by atoms with van der Waals surface area (Å²) in [4.78, 5) is 38.4. The zero-order valence-corrected chi connectivity index (χ0v) is 16.0. The highest BCUT2D eigenvalue weighted by Crippen LogP contribution is 2.28. The number of aromatic nitrogens is 1. The molecule has 2 aliphatic rings. The number of carbonyl (C=O) groups excluding carboxylic acids is 2. The van der Waals surface area contributed by atoms with Crippen molar-refractivity contribution < 1.29 is 9.59 Å². The molecule has 0 radical (unpaired) electrons. The van der Waals surface area contributed by atoms with E-state index < -0.39 is 11.1 Å². The van der Waals surface area contributed by atoms with Gasteiger partial charge in [0.2, 0.25) is 0 Å². The van der Waals surface area contributed by atoms with Gasteiger partial charge in [0.25, 0.3) is 11.8 Å². The van der Waals surface area contributed by atoms with Crippen LogP contribution in [0.5, 0.6) is 0 Å². The molecule has 7 heteroatoms. The van der Waals surface area contributed by atoms with Crippen LogP contribution in [-0.2, 0) is 9.59 Å². The fraction of sp³-hybridized carbons (Fsp3) is 0.526. The molecule has 2 atom stereocenters. The van der Waals surface area contributed by atoms with Crippen LogP contribution in [0.3, 0.4) is 0 Å². The first-order valence-electron chi connectivity index (χ1n) is 8.88. The molecule has 7 nitrogen and oxygen atoms in total. The summed E-state index contributed by atoms with van der Waals surface area (Å²) >= 11 is 0. The molecule has 0 unspecified atom stereocenters. The third-order valence-electron chi connectivity index (χ3n) is 5.55. The predicted octanol–water partition coefficient (Wildman–Crippen LogP) is 1.66. The normalized spacial score (nSPS) is 28.3. The average Bonchev–Trinajstić information content (AvgIpc) is 3.07. The van der Waals surface area contributed by atoms with Gasteiger partial charge in [-0.05, 0) is 37.8 Å². The van der Waals surface area contributed by atoms with E-state index in [-0.39, 0.29) is 23.7 Å². The molecule has 0 aliphatic carbocycles. The molecule has 0 spiro atoms. The van der Waals surface area contributed by atoms with Gasteiger partial charge in [0.1, 0.15) is 22.5 Å². The molecule has 2 N–H and O–H groups in total. The van der Waals surface area contributed by atoms with Gasteiger partial charge in [0.15, 0.2) is 11.7 Å². The van der Waals surface area contributed by atoms with Gasteiger partial charge < -0.3 is 10.6 Å². The summed E-state index contributed by atoms with van der Waals surface area (Å²) in [5.74, 6) is 0.762. The minimum atomic E-state index is -0.803. The van der Waals surface area contributed by atoms with Crippen LogP contribution >= 0.6 is 0 Å². The van der Waals surface area contributed by atoms with E-state index in [1.54, 1.807) is 12.1 Å². The summed E-state index contributed by atoms with van der Waals surface area (Å²) in [6.45, 7) is 11.5. The molecule has 3 heterocycles. The first-order valence-corrected chi connectivity index (χ1v) is 8.88. The molecule has 26 heavy (non-hydrogen) atoms. The number of hydrogen-bond donors (Lipinski definition) is 2. The van der Waals surface area contributed by atoms with Crippen LogP contribution in [0.2, 0.25) is 0 Å². The van der Waals surface area contributed by atoms with Crippen molar-refractivity contribution in [1.82, 2.24) is 15.6 Å². The average molecular weight is 355 g/mol. The van der Waals surface area contributed by atoms with E-state index in [0.717, 1.165) is 0 Å². The maximum Gasteiger partial charge on any atom is 0.253 e. The zero-order chi connectivity index (χ0) is 19.3. The number of nitrogens with zero attached hydrogens (tertiary/aromatic N) is 3. The van der Waals surface area contributed by atoms with Crippen molar-refractivity contribution in [3.05, 3.63) is 29.6 Å². The summed E-state index contributed by atoms with van der Waals surface area (Å²) in [7, 11) is 0. The van der Waals surface area contributed by atoms with Crippen LogP contribution in [0.25, 0.3) is 0 Å². The Bertz CT molecular complexity index is 777. The number of carbonyl (C=O) groups is 2. The molecule has 3 rings (SSSR count). The van der Waals surface area contributed by atoms with Crippen LogP contribution in [0.4, 0.5) is 0 Å². The van der Waals surface area contributed by atoms with Crippen molar-refractivity contribution >= 4 is 23.5 Å². The lowest BCUT2D eigenvalue weighted by molar-refractivity contribution is -0.125. The highest BCUT2D eigenvalue weighted by Gasteiger charge is 2.43. The molecule has 0 saturated heterocycles. The molecule has 0 aromatic carbocycles. The minimum Gasteiger partial charge on any atom is -0.307 e. The predicted molar refractivity (Wildman–Crippen MR) is 100 cm³/mol. The second kappa shape index (κ2) is 6.00. The van der Waals surface area contributed by atoms with E-state index in [0.29, 0.717) is 23.1 Å². The van der Waals surface area contributed by atoms with Gasteiger partial charge in [-0.25, -0.2) is 15.0 Å². The summed E-state index contributed by atoms with van der Waals surface area (Å²) in [5.41, 5.74) is -0.504. The Morgan fingerprint density at radius 1 is 0.808 bits per heavy atom. The second-order valence-electron chi connectivity index (χ2n) is 7.84. The molecule has 2 aliphatic heterocycles. The quantitative estimate of drug-likeness (QED) is 0.860. The Morgan fingerprint density at radius 2 is 1.19 bits per heavy atom. The van der Waals surface area contributed by atoms with Gasteiger partial charge in [-0.15, -0.1) is 0 Å². The Balaban J connectivity index is 1.96. The topological polar surface area (TPSA) is 95.8 Å². The summed E-state index contributed by atoms with van der Waals surface area (Å²) < 4.78 is 0. The van der Waals surface area contributed by atoms with E-state index in [1.165, 1.54) is 0 Å². The Hall–Kier alpha value is -2.57. The molecule has 138 valence electrons. The fourth-order valence-corrected chi connectivity index (χ4v) is 2.81. The number of nitrogens with one attached hydrogen (secondary N) is 2. The lowest BCUT2D eigenvalue weighted by atomic mass is 9.89. The Labute approximate surface area is 153 Å². The molecular formula is C19H25N5O2. The molecule has 1 aromatic heterocycles. The largest absolute Gasteiger partial charge is 0.307 e. The lowest BCUT2D eigenvalue weighted by Crippen LogP contribution is -2.41. The Kier molecular flexibility index (Phi) is 4.21. The summed E-state index contributed by atoms with van der Waals surface area (Å²) in [5, 5.41) is 5.65. The van der Waals surface area contributed by atoms with Gasteiger partial charge in [0.05, 0.1) is 0 Å². The standard InChI is InChI=1S/C19H25N5O2/c1-10(2)18(5)16(25)21-14(23-18)12-8-7-9-13(20-12)15-22-17(26)19(6,24-15)11(3)4/h7-11H,1-6H3,(H,21,23,25)(H,22,24,26)/t18-,19-/m0/s1. The summed E-state index contributed by atoms with van der Waals surface area (Å²) in [6.07, 6.45) is 0. The van der Waals surface area contributed by atoms with Gasteiger partial charge in [-0.1, -0.05) is 33.8 Å². The number of aliphatic imine (C=N–C) groups is 2. The van der Waals surface area contributed by atoms with Gasteiger partial charge in [0, 0.05) is 0 Å². The fourth-order valence-electron chi connectivity index (χ4n) is 2.81. The number of amides is 2. The highest BCUT2D eigenvalue weighted by atomic mass is 16.2. The van der Waals surface area contributed by atoms with Crippen LogP contribution < -0.4 is 10.6 Å². The van der Waals surface area contributed by atoms with Crippen LogP contribution in [0, 0.1) is 11.8 Å². The van der Waals surface area contributed by atoms with Crippen molar-refractivity contribution in [3.63, 3.8) is 0 Å². The second-order valence-corrected chi connectivity index (χ2v) is 7.84. The van der Waals surface area contributed by atoms with Crippen molar-refractivity contribution in [1.29, 1.82) is 0 Å². The van der Waals surface area contributed by atoms with Crippen LogP contribution in [0.15, 0.2) is 28.2 Å². The van der Waals surface area contributed by atoms with Crippen LogP contribution in [-0.4, -0.2) is 39.5 Å². The molecule has 0 saturated carbocycles. The van der Waals surface area contributed by atoms with E-state index in [4.69, 9.17) is 0 Å². The molecule has 2 amide bonds. The number of hydrogen-bond acceptors (Lipinski definition) is 5. The third kappa shape index (κ3) is 2.71. The first kappa shape index (κ1) is 18.2. The smallest absolute Gasteiger partial charge is 0.253 e. The summed E-state index contributed by atoms with van der Waals surface area (Å²) in [6, 6.07) is 5.39. The first-order chi connectivity index (χ1) is 12.1. The van der Waals surface area contributed by atoms with Gasteiger partial charge in [-0.2, -0.15) is 0 Å². The van der Waals surface area contributed by atoms with Crippen molar-refractivity contribution in [3.8, 4) is 0 Å². The third-order valence-corrected chi connectivity index (χ3v) is 5.55. The molecule has 1 aromatic rings. The number of amidine groups is 2. The molecule has 0 bridgehead atoms. The van der Waals surface area contributed by atoms with Gasteiger partial charge in [-0.3, -0.25) is 9.59 Å². The van der Waals surface area contributed by atoms with Crippen molar-refractivity contribution in [2.45, 2.75) is 52.6 Å².